The van der Waals surface area contributed by atoms with Gasteiger partial charge < -0.3 is 5.32 Å². The minimum Gasteiger partial charge on any atom is -0.309 e. The highest BCUT2D eigenvalue weighted by Gasteiger charge is 2.15. The Morgan fingerprint density at radius 3 is 2.68 bits per heavy atom. The molecule has 102 valence electrons. The number of hydrogen-bond acceptors (Lipinski definition) is 2. The van der Waals surface area contributed by atoms with E-state index in [4.69, 9.17) is 11.6 Å². The largest absolute Gasteiger partial charge is 0.309 e. The average Bonchev–Trinajstić information content (AvgIpc) is 2.83. The summed E-state index contributed by atoms with van der Waals surface area (Å²) in [5.74, 6) is 0. The average molecular weight is 359 g/mol. The maximum absolute atomic E-state index is 6.26. The van der Waals surface area contributed by atoms with Gasteiger partial charge in [0.05, 0.1) is 3.79 Å². The van der Waals surface area contributed by atoms with E-state index in [1.807, 2.05) is 18.2 Å². The molecule has 0 saturated heterocycles. The molecule has 1 aromatic carbocycles. The van der Waals surface area contributed by atoms with Crippen molar-refractivity contribution in [1.82, 2.24) is 5.32 Å². The second kappa shape index (κ2) is 7.44. The first kappa shape index (κ1) is 15.0. The molecule has 0 bridgehead atoms. The topological polar surface area (TPSA) is 12.0 Å². The summed E-state index contributed by atoms with van der Waals surface area (Å²) < 4.78 is 1.17. The van der Waals surface area contributed by atoms with Crippen LogP contribution in [0.4, 0.5) is 0 Å². The molecule has 1 unspecified atom stereocenters. The van der Waals surface area contributed by atoms with Crippen LogP contribution in [0.2, 0.25) is 5.02 Å². The van der Waals surface area contributed by atoms with Crippen LogP contribution in [-0.4, -0.2) is 6.54 Å². The van der Waals surface area contributed by atoms with Crippen molar-refractivity contribution in [2.45, 2.75) is 25.8 Å². The van der Waals surface area contributed by atoms with Gasteiger partial charge in [-0.15, -0.1) is 11.3 Å². The number of halogens is 2. The summed E-state index contributed by atoms with van der Waals surface area (Å²) >= 11 is 11.6. The summed E-state index contributed by atoms with van der Waals surface area (Å²) in [6.45, 7) is 3.20. The molecule has 1 heterocycles. The van der Waals surface area contributed by atoms with Crippen molar-refractivity contribution in [2.75, 3.05) is 6.54 Å². The van der Waals surface area contributed by atoms with Gasteiger partial charge in [-0.1, -0.05) is 36.7 Å². The number of nitrogens with one attached hydrogen (secondary N) is 1. The summed E-state index contributed by atoms with van der Waals surface area (Å²) in [4.78, 5) is 1.35. The Labute approximate surface area is 132 Å². The van der Waals surface area contributed by atoms with E-state index in [0.717, 1.165) is 24.4 Å². The second-order valence-corrected chi connectivity index (χ2v) is 7.35. The zero-order chi connectivity index (χ0) is 13.7. The molecular weight excluding hydrogens is 342 g/mol. The third kappa shape index (κ3) is 4.32. The minimum absolute atomic E-state index is 0.330. The molecule has 2 rings (SSSR count). The first-order valence-corrected chi connectivity index (χ1v) is 8.41. The molecule has 1 aromatic heterocycles. The third-order valence-corrected chi connectivity index (χ3v) is 5.07. The molecule has 0 aliphatic rings. The maximum atomic E-state index is 6.26. The van der Waals surface area contributed by atoms with Crippen LogP contribution in [0, 0.1) is 0 Å². The predicted octanol–water partition coefficient (Wildman–Crippen LogP) is 5.45. The summed E-state index contributed by atoms with van der Waals surface area (Å²) in [5.41, 5.74) is 1.20. The minimum atomic E-state index is 0.330. The SMILES string of the molecule is CCCNC(Cc1ccccc1Cl)c1ccc(Br)s1. The molecule has 2 aromatic rings. The van der Waals surface area contributed by atoms with Crippen molar-refractivity contribution in [3.63, 3.8) is 0 Å². The molecule has 19 heavy (non-hydrogen) atoms. The van der Waals surface area contributed by atoms with Crippen molar-refractivity contribution >= 4 is 38.9 Å². The summed E-state index contributed by atoms with van der Waals surface area (Å²) in [5, 5.41) is 4.45. The van der Waals surface area contributed by atoms with Crippen LogP contribution in [0.15, 0.2) is 40.2 Å². The first-order chi connectivity index (χ1) is 9.20. The van der Waals surface area contributed by atoms with E-state index in [0.29, 0.717) is 6.04 Å². The number of rotatable bonds is 6. The van der Waals surface area contributed by atoms with Gasteiger partial charge in [-0.25, -0.2) is 0 Å². The fourth-order valence-corrected chi connectivity index (χ4v) is 3.70. The highest BCUT2D eigenvalue weighted by molar-refractivity contribution is 9.11. The van der Waals surface area contributed by atoms with Gasteiger partial charge in [0.1, 0.15) is 0 Å². The van der Waals surface area contributed by atoms with Crippen LogP contribution in [0.5, 0.6) is 0 Å². The smallest absolute Gasteiger partial charge is 0.0701 e. The molecule has 0 aliphatic carbocycles. The van der Waals surface area contributed by atoms with Gasteiger partial charge in [0.2, 0.25) is 0 Å². The van der Waals surface area contributed by atoms with Crippen molar-refractivity contribution in [3.8, 4) is 0 Å². The van der Waals surface area contributed by atoms with Gasteiger partial charge in [-0.3, -0.25) is 0 Å². The Kier molecular flexibility index (Phi) is 5.89. The normalized spacial score (nSPS) is 12.6. The molecule has 0 saturated carbocycles. The van der Waals surface area contributed by atoms with E-state index >= 15 is 0 Å². The Morgan fingerprint density at radius 1 is 1.26 bits per heavy atom. The van der Waals surface area contributed by atoms with Crippen LogP contribution in [0.3, 0.4) is 0 Å². The molecule has 1 nitrogen and oxygen atoms in total. The molecule has 0 radical (unpaired) electrons. The van der Waals surface area contributed by atoms with Gasteiger partial charge in [0.25, 0.3) is 0 Å². The molecular formula is C15H17BrClNS. The highest BCUT2D eigenvalue weighted by Crippen LogP contribution is 2.30. The number of thiophene rings is 1. The molecule has 0 spiro atoms. The lowest BCUT2D eigenvalue weighted by Crippen LogP contribution is -2.23. The Bertz CT molecular complexity index is 526. The zero-order valence-electron chi connectivity index (χ0n) is 10.8. The lowest BCUT2D eigenvalue weighted by molar-refractivity contribution is 0.536. The maximum Gasteiger partial charge on any atom is 0.0701 e. The van der Waals surface area contributed by atoms with E-state index in [-0.39, 0.29) is 0 Å². The lowest BCUT2D eigenvalue weighted by Gasteiger charge is -2.18. The summed E-state index contributed by atoms with van der Waals surface area (Å²) in [6.07, 6.45) is 2.05. The van der Waals surface area contributed by atoms with Gasteiger partial charge in [0.15, 0.2) is 0 Å². The number of hydrogen-bond donors (Lipinski definition) is 1. The second-order valence-electron chi connectivity index (χ2n) is 4.44. The Hall–Kier alpha value is -0.350. The predicted molar refractivity (Wildman–Crippen MR) is 88.2 cm³/mol. The first-order valence-electron chi connectivity index (χ1n) is 6.42. The van der Waals surface area contributed by atoms with Gasteiger partial charge >= 0.3 is 0 Å². The van der Waals surface area contributed by atoms with E-state index in [1.54, 1.807) is 11.3 Å². The van der Waals surface area contributed by atoms with Crippen LogP contribution >= 0.6 is 38.9 Å². The molecule has 1 N–H and O–H groups in total. The standard InChI is InChI=1S/C15H17BrClNS/c1-2-9-18-13(14-7-8-15(16)19-14)10-11-5-3-4-6-12(11)17/h3-8,13,18H,2,9-10H2,1H3. The van der Waals surface area contributed by atoms with Crippen LogP contribution in [0.25, 0.3) is 0 Å². The summed E-state index contributed by atoms with van der Waals surface area (Å²) in [6, 6.07) is 12.7. The Morgan fingerprint density at radius 2 is 2.05 bits per heavy atom. The van der Waals surface area contributed by atoms with Crippen molar-refractivity contribution in [1.29, 1.82) is 0 Å². The van der Waals surface area contributed by atoms with Gasteiger partial charge in [-0.2, -0.15) is 0 Å². The van der Waals surface area contributed by atoms with E-state index in [2.05, 4.69) is 46.4 Å². The number of benzene rings is 1. The summed E-state index contributed by atoms with van der Waals surface area (Å²) in [7, 11) is 0. The van der Waals surface area contributed by atoms with E-state index in [1.165, 1.54) is 14.2 Å². The lowest BCUT2D eigenvalue weighted by atomic mass is 10.0. The van der Waals surface area contributed by atoms with E-state index < -0.39 is 0 Å². The van der Waals surface area contributed by atoms with E-state index in [9.17, 15) is 0 Å². The van der Waals surface area contributed by atoms with Crippen LogP contribution < -0.4 is 5.32 Å². The zero-order valence-corrected chi connectivity index (χ0v) is 14.0. The van der Waals surface area contributed by atoms with Gasteiger partial charge in [0, 0.05) is 15.9 Å². The van der Waals surface area contributed by atoms with Crippen LogP contribution in [-0.2, 0) is 6.42 Å². The third-order valence-electron chi connectivity index (χ3n) is 2.96. The molecule has 0 fully saturated rings. The monoisotopic (exact) mass is 357 g/mol. The van der Waals surface area contributed by atoms with Crippen molar-refractivity contribution < 1.29 is 0 Å². The molecule has 0 amide bonds. The molecule has 4 heteroatoms. The van der Waals surface area contributed by atoms with Crippen molar-refractivity contribution in [3.05, 3.63) is 55.6 Å². The Balaban J connectivity index is 2.16. The fourth-order valence-electron chi connectivity index (χ4n) is 1.99. The quantitative estimate of drug-likeness (QED) is 0.724. The van der Waals surface area contributed by atoms with Crippen molar-refractivity contribution in [2.24, 2.45) is 0 Å². The van der Waals surface area contributed by atoms with Crippen LogP contribution in [0.1, 0.15) is 29.8 Å². The molecule has 1 atom stereocenters. The highest BCUT2D eigenvalue weighted by atomic mass is 79.9. The molecule has 0 aliphatic heterocycles. The fraction of sp³-hybridized carbons (Fsp3) is 0.333. The van der Waals surface area contributed by atoms with Gasteiger partial charge in [-0.05, 0) is 59.1 Å².